The summed E-state index contributed by atoms with van der Waals surface area (Å²) < 4.78 is 10.7. The van der Waals surface area contributed by atoms with Crippen molar-refractivity contribution in [2.75, 3.05) is 13.2 Å². The van der Waals surface area contributed by atoms with E-state index in [2.05, 4.69) is 0 Å². The Hall–Kier alpha value is -1.42. The number of carbonyl (C=O) groups excluding carboxylic acids is 2. The van der Waals surface area contributed by atoms with Crippen LogP contribution in [0.15, 0.2) is 24.0 Å². The third-order valence-electron chi connectivity index (χ3n) is 2.39. The van der Waals surface area contributed by atoms with Crippen molar-refractivity contribution in [1.82, 2.24) is 0 Å². The highest BCUT2D eigenvalue weighted by Crippen LogP contribution is 2.28. The van der Waals surface area contributed by atoms with E-state index in [9.17, 15) is 9.59 Å². The van der Waals surface area contributed by atoms with Gasteiger partial charge >= 0.3 is 0 Å². The molecule has 0 N–H and O–H groups in total. The highest BCUT2D eigenvalue weighted by molar-refractivity contribution is 5.77. The molecule has 4 nitrogen and oxygen atoms in total. The number of carbonyl (C=O) groups is 2. The van der Waals surface area contributed by atoms with Crippen molar-refractivity contribution >= 4 is 12.6 Å². The Labute approximate surface area is 94.9 Å². The lowest BCUT2D eigenvalue weighted by Gasteiger charge is -2.31. The van der Waals surface area contributed by atoms with Gasteiger partial charge in [-0.1, -0.05) is 6.08 Å². The number of rotatable bonds is 6. The molecule has 2 unspecified atom stereocenters. The van der Waals surface area contributed by atoms with E-state index in [1.54, 1.807) is 25.2 Å². The molecule has 0 saturated heterocycles. The number of hydrogen-bond acceptors (Lipinski definition) is 4. The lowest BCUT2D eigenvalue weighted by atomic mass is 9.85. The van der Waals surface area contributed by atoms with Gasteiger partial charge in [0.05, 0.1) is 12.5 Å². The molecular formula is C12H16O4. The second kappa shape index (κ2) is 5.61. The van der Waals surface area contributed by atoms with E-state index in [4.69, 9.17) is 9.47 Å². The van der Waals surface area contributed by atoms with Crippen molar-refractivity contribution in [2.24, 2.45) is 5.92 Å². The van der Waals surface area contributed by atoms with Gasteiger partial charge in [0, 0.05) is 6.61 Å². The first kappa shape index (κ1) is 12.6. The van der Waals surface area contributed by atoms with Crippen LogP contribution in [0.5, 0.6) is 0 Å². The lowest BCUT2D eigenvalue weighted by Crippen LogP contribution is -2.42. The summed E-state index contributed by atoms with van der Waals surface area (Å²) in [6.07, 6.45) is 6.23. The van der Waals surface area contributed by atoms with Crippen molar-refractivity contribution in [3.05, 3.63) is 24.0 Å². The Balaban J connectivity index is 3.02. The van der Waals surface area contributed by atoms with Gasteiger partial charge < -0.3 is 14.3 Å². The monoisotopic (exact) mass is 224 g/mol. The predicted octanol–water partition coefficient (Wildman–Crippen LogP) is 1.27. The van der Waals surface area contributed by atoms with Gasteiger partial charge in [0.1, 0.15) is 12.0 Å². The summed E-state index contributed by atoms with van der Waals surface area (Å²) in [7, 11) is 0. The second-order valence-corrected chi connectivity index (χ2v) is 3.41. The van der Waals surface area contributed by atoms with E-state index in [-0.39, 0.29) is 0 Å². The van der Waals surface area contributed by atoms with Crippen LogP contribution < -0.4 is 0 Å². The SMILES string of the molecule is CCOC1=CC(C=O)(OCC)C(C=O)C=C1. The van der Waals surface area contributed by atoms with Gasteiger partial charge in [0.15, 0.2) is 11.9 Å². The van der Waals surface area contributed by atoms with Crippen LogP contribution in [0.4, 0.5) is 0 Å². The number of allylic oxidation sites excluding steroid dienone is 1. The Morgan fingerprint density at radius 3 is 2.62 bits per heavy atom. The minimum Gasteiger partial charge on any atom is -0.494 e. The van der Waals surface area contributed by atoms with Crippen LogP contribution in [0.2, 0.25) is 0 Å². The van der Waals surface area contributed by atoms with Crippen molar-refractivity contribution < 1.29 is 19.1 Å². The molecule has 0 aromatic rings. The molecule has 0 saturated carbocycles. The number of hydrogen-bond donors (Lipinski definition) is 0. The maximum atomic E-state index is 11.2. The fraction of sp³-hybridized carbons (Fsp3) is 0.500. The quantitative estimate of drug-likeness (QED) is 0.637. The maximum Gasteiger partial charge on any atom is 0.158 e. The molecule has 88 valence electrons. The zero-order chi connectivity index (χ0) is 12.0. The molecule has 0 amide bonds. The van der Waals surface area contributed by atoms with Gasteiger partial charge in [0.25, 0.3) is 0 Å². The van der Waals surface area contributed by atoms with E-state index in [0.29, 0.717) is 31.5 Å². The van der Waals surface area contributed by atoms with E-state index < -0.39 is 11.5 Å². The smallest absolute Gasteiger partial charge is 0.158 e. The molecule has 0 heterocycles. The van der Waals surface area contributed by atoms with Crippen molar-refractivity contribution in [3.8, 4) is 0 Å². The fourth-order valence-electron chi connectivity index (χ4n) is 1.66. The predicted molar refractivity (Wildman–Crippen MR) is 58.8 cm³/mol. The molecule has 1 rings (SSSR count). The summed E-state index contributed by atoms with van der Waals surface area (Å²) in [5.41, 5.74) is -1.21. The molecule has 0 aromatic carbocycles. The van der Waals surface area contributed by atoms with Crippen molar-refractivity contribution in [3.63, 3.8) is 0 Å². The molecule has 1 aliphatic carbocycles. The molecule has 0 aromatic heterocycles. The average Bonchev–Trinajstić information content (AvgIpc) is 2.30. The standard InChI is InChI=1S/C12H16O4/c1-3-15-11-6-5-10(8-13)12(7-11,9-14)16-4-2/h5-10H,3-4H2,1-2H3. The first-order chi connectivity index (χ1) is 7.72. The first-order valence-corrected chi connectivity index (χ1v) is 5.31. The second-order valence-electron chi connectivity index (χ2n) is 3.41. The molecule has 0 spiro atoms. The molecule has 4 heteroatoms. The van der Waals surface area contributed by atoms with E-state index in [0.717, 1.165) is 0 Å². The molecule has 0 radical (unpaired) electrons. The Morgan fingerprint density at radius 2 is 2.12 bits per heavy atom. The van der Waals surface area contributed by atoms with Gasteiger partial charge in [-0.2, -0.15) is 0 Å². The molecular weight excluding hydrogens is 208 g/mol. The third kappa shape index (κ3) is 2.39. The zero-order valence-corrected chi connectivity index (χ0v) is 9.51. The number of ether oxygens (including phenoxy) is 2. The maximum absolute atomic E-state index is 11.2. The number of aldehydes is 2. The summed E-state index contributed by atoms with van der Waals surface area (Å²) in [5.74, 6) is -0.0321. The van der Waals surface area contributed by atoms with Gasteiger partial charge in [-0.15, -0.1) is 0 Å². The Kier molecular flexibility index (Phi) is 4.43. The molecule has 16 heavy (non-hydrogen) atoms. The van der Waals surface area contributed by atoms with Gasteiger partial charge in [0.2, 0.25) is 0 Å². The summed E-state index contributed by atoms with van der Waals surface area (Å²) in [6, 6.07) is 0. The Bertz CT molecular complexity index is 319. The highest BCUT2D eigenvalue weighted by atomic mass is 16.5. The van der Waals surface area contributed by atoms with Crippen LogP contribution in [0.3, 0.4) is 0 Å². The Morgan fingerprint density at radius 1 is 1.38 bits per heavy atom. The van der Waals surface area contributed by atoms with Gasteiger partial charge in [-0.05, 0) is 26.0 Å². The topological polar surface area (TPSA) is 52.6 Å². The fourth-order valence-corrected chi connectivity index (χ4v) is 1.66. The van der Waals surface area contributed by atoms with Crippen molar-refractivity contribution in [1.29, 1.82) is 0 Å². The minimum absolute atomic E-state index is 0.354. The molecule has 0 fully saturated rings. The van der Waals surface area contributed by atoms with Crippen LogP contribution in [-0.2, 0) is 19.1 Å². The summed E-state index contributed by atoms with van der Waals surface area (Å²) in [6.45, 7) is 4.49. The minimum atomic E-state index is -1.21. The first-order valence-electron chi connectivity index (χ1n) is 5.31. The van der Waals surface area contributed by atoms with E-state index in [1.165, 1.54) is 0 Å². The van der Waals surface area contributed by atoms with Crippen LogP contribution in [0.1, 0.15) is 13.8 Å². The largest absolute Gasteiger partial charge is 0.494 e. The van der Waals surface area contributed by atoms with Gasteiger partial charge in [-0.3, -0.25) is 4.79 Å². The molecule has 2 atom stereocenters. The van der Waals surface area contributed by atoms with Crippen molar-refractivity contribution in [2.45, 2.75) is 19.4 Å². The molecule has 0 aliphatic heterocycles. The normalized spacial score (nSPS) is 28.4. The summed E-state index contributed by atoms with van der Waals surface area (Å²) in [4.78, 5) is 22.1. The lowest BCUT2D eigenvalue weighted by molar-refractivity contribution is -0.134. The van der Waals surface area contributed by atoms with E-state index in [1.807, 2.05) is 6.92 Å². The van der Waals surface area contributed by atoms with Crippen LogP contribution in [0.25, 0.3) is 0 Å². The molecule has 1 aliphatic rings. The van der Waals surface area contributed by atoms with Crippen LogP contribution >= 0.6 is 0 Å². The van der Waals surface area contributed by atoms with Crippen LogP contribution in [-0.4, -0.2) is 31.4 Å². The van der Waals surface area contributed by atoms with Crippen LogP contribution in [0, 0.1) is 5.92 Å². The van der Waals surface area contributed by atoms with Gasteiger partial charge in [-0.25, -0.2) is 0 Å². The molecule has 0 bridgehead atoms. The highest BCUT2D eigenvalue weighted by Gasteiger charge is 2.39. The van der Waals surface area contributed by atoms with E-state index >= 15 is 0 Å². The average molecular weight is 224 g/mol. The third-order valence-corrected chi connectivity index (χ3v) is 2.39. The zero-order valence-electron chi connectivity index (χ0n) is 9.51. The summed E-state index contributed by atoms with van der Waals surface area (Å²) in [5, 5.41) is 0. The summed E-state index contributed by atoms with van der Waals surface area (Å²) >= 11 is 0.